The third kappa shape index (κ3) is 4.64. The van der Waals surface area contributed by atoms with Crippen LogP contribution in [0.15, 0.2) is 0 Å². The summed E-state index contributed by atoms with van der Waals surface area (Å²) < 4.78 is 0. The zero-order valence-corrected chi connectivity index (χ0v) is 7.33. The number of hydrogen-bond acceptors (Lipinski definition) is 4. The number of rotatable bonds is 3. The third-order valence-corrected chi connectivity index (χ3v) is 1.10. The average molecular weight is 178 g/mol. The van der Waals surface area contributed by atoms with Crippen LogP contribution in [0.2, 0.25) is 0 Å². The Morgan fingerprint density at radius 1 is 1.50 bits per heavy atom. The molecule has 0 fully saturated rings. The Bertz CT molecular complexity index is 169. The van der Waals surface area contributed by atoms with E-state index in [4.69, 9.17) is 5.11 Å². The molecule has 0 saturated heterocycles. The second kappa shape index (κ2) is 5.50. The van der Waals surface area contributed by atoms with Crippen LogP contribution in [-0.2, 0) is 9.59 Å². The van der Waals surface area contributed by atoms with Crippen molar-refractivity contribution >= 4 is 11.9 Å². The van der Waals surface area contributed by atoms with Crippen LogP contribution < -0.4 is 16.6 Å². The first-order valence-corrected chi connectivity index (χ1v) is 3.11. The first-order valence-electron chi connectivity index (χ1n) is 3.11. The zero-order chi connectivity index (χ0) is 9.02. The van der Waals surface area contributed by atoms with E-state index in [1.165, 1.54) is 6.92 Å². The van der Waals surface area contributed by atoms with Crippen molar-refractivity contribution in [3.05, 3.63) is 0 Å². The van der Waals surface area contributed by atoms with Gasteiger partial charge in [-0.05, 0) is 6.92 Å². The number of carbonyl (C=O) groups excluding carboxylic acids is 2. The number of carboxylic acids is 1. The minimum Gasteiger partial charge on any atom is -0.548 e. The summed E-state index contributed by atoms with van der Waals surface area (Å²) in [6.07, 6.45) is -1.15. The van der Waals surface area contributed by atoms with Gasteiger partial charge in [0.25, 0.3) is 0 Å². The van der Waals surface area contributed by atoms with E-state index in [2.05, 4.69) is 0 Å². The van der Waals surface area contributed by atoms with E-state index in [9.17, 15) is 14.7 Å². The van der Waals surface area contributed by atoms with E-state index in [0.29, 0.717) is 0 Å². The van der Waals surface area contributed by atoms with Crippen molar-refractivity contribution in [3.8, 4) is 0 Å². The van der Waals surface area contributed by atoms with Crippen LogP contribution in [-0.4, -0.2) is 29.1 Å². The molecule has 2 atom stereocenters. The maximum absolute atomic E-state index is 10.3. The molecule has 6 heteroatoms. The van der Waals surface area contributed by atoms with E-state index in [0.717, 1.165) is 6.92 Å². The highest BCUT2D eigenvalue weighted by Crippen LogP contribution is 1.90. The molecule has 0 radical (unpaired) electrons. The van der Waals surface area contributed by atoms with Crippen LogP contribution in [0.25, 0.3) is 0 Å². The van der Waals surface area contributed by atoms with E-state index in [1.54, 1.807) is 0 Å². The molecule has 6 N–H and O–H groups in total. The van der Waals surface area contributed by atoms with Gasteiger partial charge in [0.1, 0.15) is 0 Å². The van der Waals surface area contributed by atoms with Crippen molar-refractivity contribution in [1.29, 1.82) is 0 Å². The molecule has 0 aromatic rings. The lowest BCUT2D eigenvalue weighted by molar-refractivity contribution is -0.310. The van der Waals surface area contributed by atoms with Gasteiger partial charge in [0.2, 0.25) is 5.91 Å². The maximum Gasteiger partial charge on any atom is 0.217 e. The number of carboxylic acid groups (broad SMARTS) is 1. The number of amides is 1. The molecule has 6 nitrogen and oxygen atoms in total. The number of aliphatic hydroxyl groups excluding tert-OH is 1. The van der Waals surface area contributed by atoms with Gasteiger partial charge in [-0.3, -0.25) is 4.79 Å². The lowest BCUT2D eigenvalue weighted by atomic mass is 10.2. The molecule has 1 amide bonds. The predicted octanol–water partition coefficient (Wildman–Crippen LogP) is -2.00. The predicted molar refractivity (Wildman–Crippen MR) is 40.3 cm³/mol. The molecular weight excluding hydrogens is 164 g/mol. The number of nitrogens with one attached hydrogen (secondary N) is 1. The first-order chi connectivity index (χ1) is 4.95. The SMILES string of the molecule is CC(=O)N[C@H](C(=O)[O-])[C@@H](C)O.[NH4+]. The summed E-state index contributed by atoms with van der Waals surface area (Å²) in [7, 11) is 0. The number of aliphatic hydroxyl groups is 1. The van der Waals surface area contributed by atoms with Crippen LogP contribution in [0.1, 0.15) is 13.8 Å². The highest BCUT2D eigenvalue weighted by atomic mass is 16.4. The minimum atomic E-state index is -1.49. The lowest BCUT2D eigenvalue weighted by Crippen LogP contribution is -2.52. The molecule has 0 unspecified atom stereocenters. The van der Waals surface area contributed by atoms with Crippen LogP contribution in [0.3, 0.4) is 0 Å². The van der Waals surface area contributed by atoms with E-state index >= 15 is 0 Å². The normalized spacial score (nSPS) is 13.9. The molecule has 0 aromatic carbocycles. The largest absolute Gasteiger partial charge is 0.548 e. The molecule has 0 aromatic heterocycles. The molecule has 72 valence electrons. The Morgan fingerprint density at radius 3 is 2.00 bits per heavy atom. The lowest BCUT2D eigenvalue weighted by Gasteiger charge is -2.21. The summed E-state index contributed by atoms with van der Waals surface area (Å²) in [5.41, 5.74) is 0. The van der Waals surface area contributed by atoms with Gasteiger partial charge >= 0.3 is 0 Å². The highest BCUT2D eigenvalue weighted by Gasteiger charge is 2.16. The van der Waals surface area contributed by atoms with Crippen LogP contribution >= 0.6 is 0 Å². The molecule has 0 heterocycles. The second-order valence-corrected chi connectivity index (χ2v) is 2.24. The summed E-state index contributed by atoms with van der Waals surface area (Å²) in [5.74, 6) is -2.00. The van der Waals surface area contributed by atoms with Crippen molar-refractivity contribution in [1.82, 2.24) is 11.5 Å². The van der Waals surface area contributed by atoms with Crippen molar-refractivity contribution in [2.24, 2.45) is 0 Å². The first kappa shape index (κ1) is 13.4. The van der Waals surface area contributed by atoms with Gasteiger partial charge in [0.05, 0.1) is 18.1 Å². The van der Waals surface area contributed by atoms with Crippen LogP contribution in [0.5, 0.6) is 0 Å². The van der Waals surface area contributed by atoms with Gasteiger partial charge in [-0.25, -0.2) is 0 Å². The molecule has 0 spiro atoms. The van der Waals surface area contributed by atoms with Gasteiger partial charge in [-0.15, -0.1) is 0 Å². The Balaban J connectivity index is 0. The molecular formula is C6H14N2O4. The highest BCUT2D eigenvalue weighted by molar-refractivity contribution is 5.81. The molecule has 0 aliphatic carbocycles. The van der Waals surface area contributed by atoms with Crippen LogP contribution in [0.4, 0.5) is 0 Å². The zero-order valence-electron chi connectivity index (χ0n) is 7.33. The average Bonchev–Trinajstić information content (AvgIpc) is 1.81. The summed E-state index contributed by atoms with van der Waals surface area (Å²) >= 11 is 0. The van der Waals surface area contributed by atoms with Crippen molar-refractivity contribution in [2.75, 3.05) is 0 Å². The van der Waals surface area contributed by atoms with Crippen LogP contribution in [0, 0.1) is 0 Å². The molecule has 0 rings (SSSR count). The Morgan fingerprint density at radius 2 is 1.92 bits per heavy atom. The van der Waals surface area contributed by atoms with E-state index < -0.39 is 24.0 Å². The Hall–Kier alpha value is -1.14. The second-order valence-electron chi connectivity index (χ2n) is 2.24. The van der Waals surface area contributed by atoms with Gasteiger partial charge in [0, 0.05) is 6.92 Å². The summed E-state index contributed by atoms with van der Waals surface area (Å²) in [4.78, 5) is 20.5. The quantitative estimate of drug-likeness (QED) is 0.461. The fraction of sp³-hybridized carbons (Fsp3) is 0.667. The van der Waals surface area contributed by atoms with E-state index in [-0.39, 0.29) is 6.15 Å². The number of carbonyl (C=O) groups is 2. The fourth-order valence-electron chi connectivity index (χ4n) is 0.595. The minimum absolute atomic E-state index is 0. The molecule has 0 saturated carbocycles. The summed E-state index contributed by atoms with van der Waals surface area (Å²) in [6.45, 7) is 2.43. The Labute approximate surface area is 70.2 Å². The number of quaternary nitrogens is 1. The smallest absolute Gasteiger partial charge is 0.217 e. The van der Waals surface area contributed by atoms with Crippen molar-refractivity contribution < 1.29 is 19.8 Å². The number of aliphatic carboxylic acids is 1. The van der Waals surface area contributed by atoms with Crippen molar-refractivity contribution in [2.45, 2.75) is 26.0 Å². The molecule has 0 aliphatic heterocycles. The standard InChI is InChI=1S/C6H11NO4.H3N/c1-3(8)5(6(10)11)7-4(2)9;/h3,5,8H,1-2H3,(H,7,9)(H,10,11);1H3/t3-,5+;/m1./s1. The summed E-state index contributed by atoms with van der Waals surface area (Å²) in [5, 5.41) is 21.0. The molecule has 12 heavy (non-hydrogen) atoms. The third-order valence-electron chi connectivity index (χ3n) is 1.10. The molecule has 0 bridgehead atoms. The maximum atomic E-state index is 10.3. The van der Waals surface area contributed by atoms with Gasteiger partial charge in [-0.2, -0.15) is 0 Å². The van der Waals surface area contributed by atoms with Gasteiger partial charge in [0.15, 0.2) is 0 Å². The summed E-state index contributed by atoms with van der Waals surface area (Å²) in [6, 6.07) is -1.33. The molecule has 0 aliphatic rings. The topological polar surface area (TPSA) is 126 Å². The van der Waals surface area contributed by atoms with Crippen molar-refractivity contribution in [3.63, 3.8) is 0 Å². The Kier molecular flexibility index (Phi) is 6.17. The number of hydrogen-bond donors (Lipinski definition) is 3. The van der Waals surface area contributed by atoms with Gasteiger partial charge < -0.3 is 26.5 Å². The van der Waals surface area contributed by atoms with E-state index in [1.807, 2.05) is 5.32 Å². The fourth-order valence-corrected chi connectivity index (χ4v) is 0.595. The monoisotopic (exact) mass is 178 g/mol. The van der Waals surface area contributed by atoms with Gasteiger partial charge in [-0.1, -0.05) is 0 Å².